The molecule has 0 amide bonds. The number of nitrogens with one attached hydrogen (secondary N) is 1. The smallest absolute Gasteiger partial charge is 0.322 e. The molecule has 0 aliphatic heterocycles. The molecule has 0 aliphatic carbocycles. The molecule has 0 bridgehead atoms. The van der Waals surface area contributed by atoms with Gasteiger partial charge in [-0.25, -0.2) is 0 Å². The predicted octanol–water partition coefficient (Wildman–Crippen LogP) is 3.37. The number of nitrogens with zero attached hydrogens (tertiary/aromatic N) is 3. The van der Waals surface area contributed by atoms with Crippen molar-refractivity contribution in [2.75, 3.05) is 7.11 Å². The lowest BCUT2D eigenvalue weighted by molar-refractivity contribution is 0.410. The number of ether oxygens (including phenoxy) is 1. The van der Waals surface area contributed by atoms with Crippen molar-refractivity contribution in [3.05, 3.63) is 66.2 Å². The number of fused-ring (bicyclic) bond motifs is 1. The number of hydrogen-bond acceptors (Lipinski definition) is 4. The Hall–Kier alpha value is -2.77. The highest BCUT2D eigenvalue weighted by Gasteiger charge is 2.20. The van der Waals surface area contributed by atoms with Gasteiger partial charge in [0.25, 0.3) is 0 Å². The third-order valence-electron chi connectivity index (χ3n) is 4.00. The molecule has 3 aromatic heterocycles. The van der Waals surface area contributed by atoms with Gasteiger partial charge in [0.1, 0.15) is 5.75 Å². The van der Waals surface area contributed by atoms with E-state index in [0.717, 1.165) is 15.1 Å². The minimum Gasteiger partial charge on any atom is -0.609 e. The number of hydrogen-bond donors (Lipinski definition) is 1. The molecule has 1 N–H and O–H groups in total. The van der Waals surface area contributed by atoms with Crippen LogP contribution in [0.3, 0.4) is 0 Å². The van der Waals surface area contributed by atoms with Crippen LogP contribution in [0.1, 0.15) is 16.7 Å². The Bertz CT molecular complexity index is 1280. The summed E-state index contributed by atoms with van der Waals surface area (Å²) in [6.07, 6.45) is 1.02. The topological polar surface area (TPSA) is 78.8 Å². The van der Waals surface area contributed by atoms with Crippen molar-refractivity contribution in [3.8, 4) is 11.4 Å². The van der Waals surface area contributed by atoms with Gasteiger partial charge in [0, 0.05) is 41.0 Å². The van der Waals surface area contributed by atoms with Crippen LogP contribution in [0, 0.1) is 6.92 Å². The number of imidazole rings is 1. The summed E-state index contributed by atoms with van der Waals surface area (Å²) in [5.74, 6) is 0.700. The third kappa shape index (κ3) is 3.07. The molecule has 6 nitrogen and oxygen atoms in total. The van der Waals surface area contributed by atoms with Gasteiger partial charge in [-0.3, -0.25) is 9.96 Å². The van der Waals surface area contributed by atoms with Crippen LogP contribution in [-0.2, 0) is 16.9 Å². The maximum atomic E-state index is 13.0. The van der Waals surface area contributed by atoms with Crippen LogP contribution in [0.25, 0.3) is 16.7 Å². The molecule has 1 unspecified atom stereocenters. The van der Waals surface area contributed by atoms with Crippen LogP contribution in [0.5, 0.6) is 5.75 Å². The molecule has 0 saturated heterocycles. The maximum absolute atomic E-state index is 13.0. The molecule has 4 aromatic rings. The fraction of sp³-hybridized carbons (Fsp3) is 0.158. The molecule has 0 radical (unpaired) electrons. The molecular formula is C19H18N4O2S. The van der Waals surface area contributed by atoms with Crippen molar-refractivity contribution in [3.63, 3.8) is 0 Å². The van der Waals surface area contributed by atoms with Crippen molar-refractivity contribution in [1.29, 1.82) is 0 Å². The Kier molecular flexibility index (Phi) is 3.10. The van der Waals surface area contributed by atoms with E-state index in [9.17, 15) is 4.55 Å². The third-order valence-corrected chi connectivity index (χ3v) is 5.12. The van der Waals surface area contributed by atoms with Crippen LogP contribution in [0.4, 0.5) is 0 Å². The number of methoxy groups -OCH3 is 1. The van der Waals surface area contributed by atoms with Gasteiger partial charge in [0.15, 0.2) is 7.16 Å². The first-order valence-electron chi connectivity index (χ1n) is 10.2. The maximum Gasteiger partial charge on any atom is 0.322 e. The minimum absolute atomic E-state index is 0.0447. The van der Waals surface area contributed by atoms with Crippen molar-refractivity contribution in [1.82, 2.24) is 19.5 Å². The lowest BCUT2D eigenvalue weighted by atomic mass is 10.2. The average Bonchev–Trinajstić information content (AvgIpc) is 3.18. The second-order valence-electron chi connectivity index (χ2n) is 5.56. The standard InChI is InChI=1S/C19H18N4O2S/c1-13-17(20-8-7-18(13)25-2)12-26(24)19-21-15-6-5-14(11-16(15)22-19)23-9-3-4-10-23/h3-11H,12H2,1-2H3,(H,21,22)/i3D,4D,9D,10D/hD. The van der Waals surface area contributed by atoms with Gasteiger partial charge in [-0.1, -0.05) is 0 Å². The second-order valence-corrected chi connectivity index (χ2v) is 6.91. The molecule has 132 valence electrons. The van der Waals surface area contributed by atoms with E-state index in [-0.39, 0.29) is 35.3 Å². The van der Waals surface area contributed by atoms with Gasteiger partial charge in [0.05, 0.1) is 29.3 Å². The van der Waals surface area contributed by atoms with Crippen molar-refractivity contribution in [2.45, 2.75) is 17.8 Å². The number of rotatable bonds is 5. The summed E-state index contributed by atoms with van der Waals surface area (Å²) >= 11 is -1.65. The van der Waals surface area contributed by atoms with E-state index in [0.29, 0.717) is 28.2 Å². The summed E-state index contributed by atoms with van der Waals surface area (Å²) in [5.41, 5.74) is 2.49. The molecule has 1 atom stereocenters. The Balaban J connectivity index is 1.73. The average molecular weight is 371 g/mol. The first-order chi connectivity index (χ1) is 14.7. The molecule has 0 saturated carbocycles. The van der Waals surface area contributed by atoms with E-state index >= 15 is 0 Å². The minimum atomic E-state index is -1.65. The fourth-order valence-corrected chi connectivity index (χ4v) is 3.68. The van der Waals surface area contributed by atoms with Crippen LogP contribution in [-0.4, -0.2) is 31.2 Å². The molecule has 1 aromatic carbocycles. The highest BCUT2D eigenvalue weighted by molar-refractivity contribution is 7.90. The first-order valence-corrected chi connectivity index (χ1v) is 9.10. The van der Waals surface area contributed by atoms with Crippen molar-refractivity contribution < 1.29 is 16.2 Å². The predicted molar refractivity (Wildman–Crippen MR) is 101 cm³/mol. The van der Waals surface area contributed by atoms with Crippen LogP contribution in [0.15, 0.2) is 60.0 Å². The highest BCUT2D eigenvalue weighted by Crippen LogP contribution is 2.24. The zero-order chi connectivity index (χ0) is 22.4. The Morgan fingerprint density at radius 1 is 1.35 bits per heavy atom. The zero-order valence-corrected chi connectivity index (χ0v) is 14.9. The Labute approximate surface area is 161 Å². The first kappa shape index (κ1) is 11.8. The van der Waals surface area contributed by atoms with E-state index in [1.54, 1.807) is 37.6 Å². The lowest BCUT2D eigenvalue weighted by Crippen LogP contribution is -2.10. The van der Waals surface area contributed by atoms with Crippen molar-refractivity contribution >= 4 is 22.2 Å². The van der Waals surface area contributed by atoms with Gasteiger partial charge in [-0.2, -0.15) is 4.98 Å². The molecule has 26 heavy (non-hydrogen) atoms. The summed E-state index contributed by atoms with van der Waals surface area (Å²) in [6.45, 7) is 1.82. The zero-order valence-electron chi connectivity index (χ0n) is 19.1. The molecule has 3 heterocycles. The van der Waals surface area contributed by atoms with Gasteiger partial charge in [0.2, 0.25) is 0 Å². The number of pyridine rings is 1. The molecule has 0 aliphatic rings. The summed E-state index contributed by atoms with van der Waals surface area (Å²) in [5, 5.41) is 0.0447. The summed E-state index contributed by atoms with van der Waals surface area (Å²) < 4.78 is 59.2. The van der Waals surface area contributed by atoms with Gasteiger partial charge in [-0.05, 0) is 43.3 Å². The Morgan fingerprint density at radius 3 is 2.92 bits per heavy atom. The fourth-order valence-electron chi connectivity index (χ4n) is 2.61. The lowest BCUT2D eigenvalue weighted by Gasteiger charge is -2.10. The van der Waals surface area contributed by atoms with Crippen LogP contribution < -0.4 is 4.74 Å². The van der Waals surface area contributed by atoms with Gasteiger partial charge >= 0.3 is 5.16 Å². The van der Waals surface area contributed by atoms with E-state index in [4.69, 9.17) is 11.6 Å². The number of benzene rings is 1. The van der Waals surface area contributed by atoms with E-state index in [1.165, 1.54) is 0 Å². The quantitative estimate of drug-likeness (QED) is 0.546. The molecule has 0 spiro atoms. The van der Waals surface area contributed by atoms with E-state index in [1.807, 2.05) is 6.92 Å². The molecule has 4 rings (SSSR count). The SMILES string of the molecule is [2H]c1c([2H])c([2H])n(-c2ccc3c(c2)nc([S+]([O-])Cc2nccc(OC)c2C)n3[2H])c1[2H]. The normalized spacial score (nSPS) is 15.1. The Morgan fingerprint density at radius 2 is 2.15 bits per heavy atom. The van der Waals surface area contributed by atoms with Gasteiger partial charge < -0.3 is 13.9 Å². The van der Waals surface area contributed by atoms with E-state index in [2.05, 4.69) is 9.97 Å². The summed E-state index contributed by atoms with van der Waals surface area (Å²) in [7, 11) is 1.55. The second kappa shape index (κ2) is 6.86. The number of aromatic nitrogens is 4. The molecule has 7 heteroatoms. The largest absolute Gasteiger partial charge is 0.609 e. The van der Waals surface area contributed by atoms with Gasteiger partial charge in [-0.15, -0.1) is 0 Å². The monoisotopic (exact) mass is 371 g/mol. The van der Waals surface area contributed by atoms with E-state index < -0.39 is 11.2 Å². The van der Waals surface area contributed by atoms with Crippen molar-refractivity contribution in [2.24, 2.45) is 0 Å². The summed E-state index contributed by atoms with van der Waals surface area (Å²) in [4.78, 5) is 9.61. The van der Waals surface area contributed by atoms with Crippen LogP contribution in [0.2, 0.25) is 1.41 Å². The molecule has 0 fully saturated rings. The van der Waals surface area contributed by atoms with Crippen LogP contribution >= 0.6 is 0 Å². The summed E-state index contributed by atoms with van der Waals surface area (Å²) in [6, 6.07) is 5.75. The molecular weight excluding hydrogens is 348 g/mol. The highest BCUT2D eigenvalue weighted by atomic mass is 32.2. The number of aromatic amines is 1. The number of H-pyrrole nitrogens is 1.